The Bertz CT molecular complexity index is 3180. The van der Waals surface area contributed by atoms with Gasteiger partial charge in [0.2, 0.25) is 0 Å². The third kappa shape index (κ3) is 5.65. The van der Waals surface area contributed by atoms with Crippen molar-refractivity contribution in [3.63, 3.8) is 0 Å². The Morgan fingerprint density at radius 2 is 0.917 bits per heavy atom. The highest BCUT2D eigenvalue weighted by atomic mass is 14.4. The predicted molar refractivity (Wildman–Crippen MR) is 253 cm³/mol. The van der Waals surface area contributed by atoms with Gasteiger partial charge in [-0.2, -0.15) is 0 Å². The first-order valence-electron chi connectivity index (χ1n) is 21.9. The van der Waals surface area contributed by atoms with E-state index in [0.29, 0.717) is 35.5 Å². The van der Waals surface area contributed by atoms with Crippen LogP contribution < -0.4 is 20.9 Å². The normalized spacial score (nSPS) is 28.7. The molecular formula is C60H46. The van der Waals surface area contributed by atoms with E-state index in [4.69, 9.17) is 0 Å². The second-order valence-corrected chi connectivity index (χ2v) is 17.3. The van der Waals surface area contributed by atoms with Crippen LogP contribution >= 0.6 is 0 Å². The maximum atomic E-state index is 2.48. The minimum atomic E-state index is 0.207. The van der Waals surface area contributed by atoms with E-state index in [0.717, 1.165) is 0 Å². The fourth-order valence-electron chi connectivity index (χ4n) is 11.6. The van der Waals surface area contributed by atoms with Crippen molar-refractivity contribution in [2.75, 3.05) is 0 Å². The van der Waals surface area contributed by atoms with Gasteiger partial charge in [-0.15, -0.1) is 0 Å². The number of rotatable bonds is 5. The second kappa shape index (κ2) is 14.5. The Morgan fingerprint density at radius 1 is 0.350 bits per heavy atom. The summed E-state index contributed by atoms with van der Waals surface area (Å²) in [7, 11) is 0. The quantitative estimate of drug-likeness (QED) is 0.190. The molecule has 0 saturated heterocycles. The minimum Gasteiger partial charge on any atom is -0.0767 e. The molecule has 60 heavy (non-hydrogen) atoms. The van der Waals surface area contributed by atoms with Crippen LogP contribution in [0.25, 0.3) is 39.6 Å². The summed E-state index contributed by atoms with van der Waals surface area (Å²) < 4.78 is 0. The first kappa shape index (κ1) is 35.2. The molecule has 0 heterocycles. The van der Waals surface area contributed by atoms with Crippen LogP contribution in [-0.4, -0.2) is 0 Å². The smallest absolute Gasteiger partial charge is 0.0137 e. The molecule has 0 heteroatoms. The van der Waals surface area contributed by atoms with Crippen LogP contribution in [0.2, 0.25) is 0 Å². The first-order chi connectivity index (χ1) is 29.8. The molecule has 8 atom stereocenters. The lowest BCUT2D eigenvalue weighted by Crippen LogP contribution is -2.44. The van der Waals surface area contributed by atoms with Crippen LogP contribution in [0, 0.1) is 47.3 Å². The number of fused-ring (bicyclic) bond motifs is 7. The van der Waals surface area contributed by atoms with Crippen molar-refractivity contribution in [3.8, 4) is 0 Å². The van der Waals surface area contributed by atoms with E-state index in [-0.39, 0.29) is 11.8 Å². The van der Waals surface area contributed by atoms with E-state index in [1.165, 1.54) is 76.2 Å². The van der Waals surface area contributed by atoms with Crippen molar-refractivity contribution in [3.05, 3.63) is 267 Å². The second-order valence-electron chi connectivity index (χ2n) is 17.3. The van der Waals surface area contributed by atoms with Gasteiger partial charge in [-0.05, 0) is 76.2 Å². The Hall–Kier alpha value is -6.76. The fourth-order valence-corrected chi connectivity index (χ4v) is 11.6. The molecule has 0 fully saturated rings. The standard InChI is InChI=1S/C60H46/c1-4-20-44-39(16-1)19-15-31-50(44)52-36-34-40(45-21-7-9-25-49(45)52)32-33-41-35-37-57(51-26-10-8-22-46(41)51)58-53-27-11-13-29-55(53)60(56-30-14-12-28-54(56)58)59-47-23-5-2-17-42(47)38-43-18-3-6-24-48(43)59/h1-39,42,44-45,47,49,53,55H. The van der Waals surface area contributed by atoms with Gasteiger partial charge in [0.25, 0.3) is 0 Å². The predicted octanol–water partition coefficient (Wildman–Crippen LogP) is 10.7. The molecule has 0 aliphatic heterocycles. The molecule has 0 spiro atoms. The maximum Gasteiger partial charge on any atom is 0.0137 e. The van der Waals surface area contributed by atoms with Gasteiger partial charge < -0.3 is 0 Å². The highest BCUT2D eigenvalue weighted by molar-refractivity contribution is 6.02. The molecule has 8 aliphatic carbocycles. The summed E-state index contributed by atoms with van der Waals surface area (Å²) in [6.07, 6.45) is 56.1. The highest BCUT2D eigenvalue weighted by Gasteiger charge is 2.38. The molecule has 0 aromatic heterocycles. The molecule has 0 N–H and O–H groups in total. The van der Waals surface area contributed by atoms with E-state index in [1.54, 1.807) is 0 Å². The minimum absolute atomic E-state index is 0.207. The SMILES string of the molecule is C1=CC2C=CC=C(C3=CC=C(C=Cc4ccc(C5=c6ccccc6=C(C6=c7ccccc7=CC7C=CC=CC67)C6C=CC=CC56)c5ccccc45)C4C=CC=CC34)C2C=C1. The van der Waals surface area contributed by atoms with Crippen LogP contribution in [0.1, 0.15) is 11.1 Å². The summed E-state index contributed by atoms with van der Waals surface area (Å²) in [6, 6.07) is 32.2. The number of benzene rings is 4. The zero-order valence-corrected chi connectivity index (χ0v) is 33.6. The summed E-state index contributed by atoms with van der Waals surface area (Å²) >= 11 is 0. The molecule has 4 aromatic rings. The third-order valence-electron chi connectivity index (χ3n) is 14.2. The van der Waals surface area contributed by atoms with E-state index < -0.39 is 0 Å². The van der Waals surface area contributed by atoms with Gasteiger partial charge in [0.15, 0.2) is 0 Å². The van der Waals surface area contributed by atoms with Gasteiger partial charge in [-0.1, -0.05) is 231 Å². The molecule has 0 amide bonds. The molecule has 0 nitrogen and oxygen atoms in total. The maximum absolute atomic E-state index is 2.48. The summed E-state index contributed by atoms with van der Waals surface area (Å²) in [5.74, 6) is 2.53. The van der Waals surface area contributed by atoms with Crippen molar-refractivity contribution in [2.45, 2.75) is 0 Å². The van der Waals surface area contributed by atoms with Gasteiger partial charge in [0.05, 0.1) is 0 Å². The van der Waals surface area contributed by atoms with E-state index >= 15 is 0 Å². The van der Waals surface area contributed by atoms with E-state index in [1.807, 2.05) is 0 Å². The van der Waals surface area contributed by atoms with Gasteiger partial charge in [-0.3, -0.25) is 0 Å². The van der Waals surface area contributed by atoms with Crippen LogP contribution in [0.15, 0.2) is 235 Å². The lowest BCUT2D eigenvalue weighted by Gasteiger charge is -2.38. The van der Waals surface area contributed by atoms with Crippen molar-refractivity contribution < 1.29 is 0 Å². The van der Waals surface area contributed by atoms with Crippen LogP contribution in [0.3, 0.4) is 0 Å². The van der Waals surface area contributed by atoms with Gasteiger partial charge >= 0.3 is 0 Å². The van der Waals surface area contributed by atoms with E-state index in [9.17, 15) is 0 Å². The summed E-state index contributed by atoms with van der Waals surface area (Å²) in [5.41, 5.74) is 11.2. The van der Waals surface area contributed by atoms with Crippen LogP contribution in [0.5, 0.6) is 0 Å². The monoisotopic (exact) mass is 766 g/mol. The molecule has 0 bridgehead atoms. The van der Waals surface area contributed by atoms with Gasteiger partial charge in [0, 0.05) is 47.3 Å². The third-order valence-corrected chi connectivity index (χ3v) is 14.2. The average molecular weight is 767 g/mol. The lowest BCUT2D eigenvalue weighted by molar-refractivity contribution is 0.564. The number of hydrogen-bond donors (Lipinski definition) is 0. The van der Waals surface area contributed by atoms with Crippen molar-refractivity contribution in [2.24, 2.45) is 47.3 Å². The molecule has 12 rings (SSSR count). The molecule has 286 valence electrons. The van der Waals surface area contributed by atoms with Crippen LogP contribution in [0.4, 0.5) is 0 Å². The molecule has 8 aliphatic rings. The fraction of sp³-hybridized carbons (Fsp3) is 0.133. The zero-order valence-electron chi connectivity index (χ0n) is 33.6. The molecular weight excluding hydrogens is 721 g/mol. The summed E-state index contributed by atoms with van der Waals surface area (Å²) in [4.78, 5) is 0. The molecule has 0 radical (unpaired) electrons. The zero-order chi connectivity index (χ0) is 39.6. The Balaban J connectivity index is 0.999. The highest BCUT2D eigenvalue weighted by Crippen LogP contribution is 2.47. The molecule has 0 saturated carbocycles. The largest absolute Gasteiger partial charge is 0.0767 e. The van der Waals surface area contributed by atoms with E-state index in [2.05, 4.69) is 231 Å². The number of allylic oxidation sites excluding steroid dienone is 25. The topological polar surface area (TPSA) is 0 Å². The van der Waals surface area contributed by atoms with Gasteiger partial charge in [0.1, 0.15) is 0 Å². The summed E-state index contributed by atoms with van der Waals surface area (Å²) in [5, 5.41) is 8.02. The molecule has 8 unspecified atom stereocenters. The Morgan fingerprint density at radius 3 is 1.73 bits per heavy atom. The van der Waals surface area contributed by atoms with Crippen molar-refractivity contribution in [1.29, 1.82) is 0 Å². The van der Waals surface area contributed by atoms with Crippen molar-refractivity contribution in [1.82, 2.24) is 0 Å². The lowest BCUT2D eigenvalue weighted by atomic mass is 9.65. The Labute approximate surface area is 352 Å². The molecule has 4 aromatic carbocycles. The number of hydrogen-bond acceptors (Lipinski definition) is 0. The average Bonchev–Trinajstić information content (AvgIpc) is 3.32. The van der Waals surface area contributed by atoms with Gasteiger partial charge in [-0.25, -0.2) is 0 Å². The Kier molecular flexibility index (Phi) is 8.51. The van der Waals surface area contributed by atoms with Crippen LogP contribution in [-0.2, 0) is 0 Å². The first-order valence-corrected chi connectivity index (χ1v) is 21.9. The summed E-state index contributed by atoms with van der Waals surface area (Å²) in [6.45, 7) is 0. The van der Waals surface area contributed by atoms with Crippen molar-refractivity contribution >= 4 is 39.6 Å².